The Balaban J connectivity index is 2.23. The smallest absolute Gasteiger partial charge is 0.303 e. The van der Waals surface area contributed by atoms with Crippen LogP contribution >= 0.6 is 0 Å². The van der Waals surface area contributed by atoms with E-state index in [0.717, 1.165) is 25.7 Å². The lowest BCUT2D eigenvalue weighted by Crippen LogP contribution is -2.36. The quantitative estimate of drug-likeness (QED) is 0.503. The van der Waals surface area contributed by atoms with Gasteiger partial charge >= 0.3 is 5.97 Å². The van der Waals surface area contributed by atoms with Gasteiger partial charge in [-0.15, -0.1) is 0 Å². The Kier molecular flexibility index (Phi) is 2.75. The zero-order chi connectivity index (χ0) is 11.8. The molecule has 0 aliphatic heterocycles. The van der Waals surface area contributed by atoms with Gasteiger partial charge in [0.1, 0.15) is 6.10 Å². The van der Waals surface area contributed by atoms with Crippen LogP contribution in [-0.2, 0) is 9.53 Å². The van der Waals surface area contributed by atoms with Crippen LogP contribution in [0.15, 0.2) is 11.6 Å². The molecule has 0 unspecified atom stereocenters. The average molecular weight is 219 g/mol. The van der Waals surface area contributed by atoms with Gasteiger partial charge in [0.2, 0.25) is 0 Å². The molecule has 2 rings (SSSR count). The number of nitrogens with zero attached hydrogens (tertiary/aromatic N) is 1. The third-order valence-corrected chi connectivity index (χ3v) is 3.98. The second kappa shape index (κ2) is 3.93. The van der Waals surface area contributed by atoms with Gasteiger partial charge in [0.25, 0.3) is 0 Å². The lowest BCUT2D eigenvalue weighted by molar-refractivity contribution is -0.146. The summed E-state index contributed by atoms with van der Waals surface area (Å²) in [5.41, 5.74) is 1.12. The van der Waals surface area contributed by atoms with Crippen LogP contribution in [0.25, 0.3) is 0 Å². The van der Waals surface area contributed by atoms with Crippen molar-refractivity contribution >= 4 is 5.97 Å². The average Bonchev–Trinajstić information content (AvgIpc) is 2.54. The lowest BCUT2D eigenvalue weighted by atomic mass is 9.67. The van der Waals surface area contributed by atoms with Crippen LogP contribution in [0.1, 0.15) is 39.5 Å². The summed E-state index contributed by atoms with van der Waals surface area (Å²) in [6.07, 6.45) is 5.80. The van der Waals surface area contributed by atoms with E-state index < -0.39 is 0 Å². The molecule has 16 heavy (non-hydrogen) atoms. The van der Waals surface area contributed by atoms with Crippen molar-refractivity contribution in [1.82, 2.24) is 0 Å². The van der Waals surface area contributed by atoms with E-state index in [0.29, 0.717) is 0 Å². The van der Waals surface area contributed by atoms with E-state index in [9.17, 15) is 4.79 Å². The van der Waals surface area contributed by atoms with Crippen molar-refractivity contribution in [1.29, 1.82) is 5.26 Å². The molecule has 0 aromatic rings. The maximum absolute atomic E-state index is 11.0. The lowest BCUT2D eigenvalue weighted by Gasteiger charge is -2.39. The van der Waals surface area contributed by atoms with Crippen LogP contribution < -0.4 is 0 Å². The molecule has 3 atom stereocenters. The summed E-state index contributed by atoms with van der Waals surface area (Å²) < 4.78 is 5.35. The molecule has 0 bridgehead atoms. The van der Waals surface area contributed by atoms with E-state index in [1.165, 1.54) is 12.5 Å². The molecule has 0 aromatic carbocycles. The molecule has 0 N–H and O–H groups in total. The minimum absolute atomic E-state index is 0.0564. The number of nitriles is 1. The molecule has 1 saturated carbocycles. The van der Waals surface area contributed by atoms with Crippen LogP contribution in [0.2, 0.25) is 0 Å². The first-order valence-corrected chi connectivity index (χ1v) is 5.85. The monoisotopic (exact) mass is 219 g/mol. The van der Waals surface area contributed by atoms with Crippen molar-refractivity contribution in [2.45, 2.75) is 45.6 Å². The summed E-state index contributed by atoms with van der Waals surface area (Å²) in [7, 11) is 0. The van der Waals surface area contributed by atoms with Gasteiger partial charge in [-0.3, -0.25) is 4.79 Å². The highest BCUT2D eigenvalue weighted by Gasteiger charge is 2.47. The molecule has 3 nitrogen and oxygen atoms in total. The number of esters is 1. The molecule has 0 radical (unpaired) electrons. The van der Waals surface area contributed by atoms with E-state index in [1.807, 2.05) is 0 Å². The van der Waals surface area contributed by atoms with E-state index in [-0.39, 0.29) is 23.4 Å². The van der Waals surface area contributed by atoms with Crippen molar-refractivity contribution in [2.75, 3.05) is 0 Å². The first-order valence-electron chi connectivity index (χ1n) is 5.85. The largest absolute Gasteiger partial charge is 0.458 e. The molecule has 0 saturated heterocycles. The predicted octanol–water partition coefficient (Wildman–Crippen LogP) is 2.58. The molecule has 1 fully saturated rings. The van der Waals surface area contributed by atoms with Crippen molar-refractivity contribution in [3.8, 4) is 6.07 Å². The topological polar surface area (TPSA) is 50.1 Å². The summed E-state index contributed by atoms with van der Waals surface area (Å²) in [4.78, 5) is 11.0. The summed E-state index contributed by atoms with van der Waals surface area (Å²) in [5, 5.41) is 9.15. The third-order valence-electron chi connectivity index (χ3n) is 3.98. The molecule has 0 amide bonds. The van der Waals surface area contributed by atoms with Crippen LogP contribution in [0.4, 0.5) is 0 Å². The number of allylic oxidation sites excluding steroid dienone is 1. The summed E-state index contributed by atoms with van der Waals surface area (Å²) >= 11 is 0. The molecular formula is C13H17NO2. The van der Waals surface area contributed by atoms with Crippen molar-refractivity contribution in [3.05, 3.63) is 11.6 Å². The zero-order valence-corrected chi connectivity index (χ0v) is 9.82. The van der Waals surface area contributed by atoms with Crippen LogP contribution in [0.3, 0.4) is 0 Å². The third kappa shape index (κ3) is 1.63. The van der Waals surface area contributed by atoms with E-state index in [1.54, 1.807) is 0 Å². The molecule has 0 heterocycles. The van der Waals surface area contributed by atoms with Crippen molar-refractivity contribution < 1.29 is 9.53 Å². The number of hydrogen-bond acceptors (Lipinski definition) is 3. The van der Waals surface area contributed by atoms with E-state index in [2.05, 4.69) is 19.1 Å². The zero-order valence-electron chi connectivity index (χ0n) is 9.82. The minimum atomic E-state index is -0.226. The Hall–Kier alpha value is -1.30. The molecule has 0 aromatic heterocycles. The SMILES string of the molecule is CC(=O)O[C@@H]1CCC[C@@]2(C)C1=CC[C@@H]2C#N. The van der Waals surface area contributed by atoms with Gasteiger partial charge < -0.3 is 4.74 Å². The Labute approximate surface area is 96.1 Å². The summed E-state index contributed by atoms with van der Waals surface area (Å²) in [6.45, 7) is 3.58. The maximum Gasteiger partial charge on any atom is 0.303 e. The van der Waals surface area contributed by atoms with Gasteiger partial charge in [0.05, 0.1) is 12.0 Å². The minimum Gasteiger partial charge on any atom is -0.458 e. The molecule has 2 aliphatic carbocycles. The van der Waals surface area contributed by atoms with Crippen molar-refractivity contribution in [3.63, 3.8) is 0 Å². The number of hydrogen-bond donors (Lipinski definition) is 0. The molecule has 3 heteroatoms. The Morgan fingerprint density at radius 3 is 3.06 bits per heavy atom. The van der Waals surface area contributed by atoms with Gasteiger partial charge in [0, 0.05) is 12.3 Å². The molecule has 2 aliphatic rings. The molecular weight excluding hydrogens is 202 g/mol. The molecule has 0 spiro atoms. The van der Waals surface area contributed by atoms with Gasteiger partial charge in [0.15, 0.2) is 0 Å². The van der Waals surface area contributed by atoms with Gasteiger partial charge in [-0.25, -0.2) is 0 Å². The highest BCUT2D eigenvalue weighted by molar-refractivity contribution is 5.66. The van der Waals surface area contributed by atoms with Crippen LogP contribution in [0, 0.1) is 22.7 Å². The van der Waals surface area contributed by atoms with Gasteiger partial charge in [-0.1, -0.05) is 13.0 Å². The number of carbonyl (C=O) groups is 1. The number of carbonyl (C=O) groups excluding carboxylic acids is 1. The predicted molar refractivity (Wildman–Crippen MR) is 59.3 cm³/mol. The fraction of sp³-hybridized carbons (Fsp3) is 0.692. The normalized spacial score (nSPS) is 37.2. The summed E-state index contributed by atoms with van der Waals surface area (Å²) in [6, 6.07) is 2.38. The highest BCUT2D eigenvalue weighted by Crippen LogP contribution is 2.52. The first-order chi connectivity index (χ1) is 7.58. The summed E-state index contributed by atoms with van der Waals surface area (Å²) in [5.74, 6) is -0.170. The highest BCUT2D eigenvalue weighted by atomic mass is 16.5. The standard InChI is InChI=1S/C13H17NO2/c1-9(15)16-12-4-3-7-13(2)10(8-14)5-6-11(12)13/h6,10,12H,3-5,7H2,1-2H3/t10-,12-,13-/m1/s1. The van der Waals surface area contributed by atoms with Gasteiger partial charge in [-0.05, 0) is 31.3 Å². The maximum atomic E-state index is 11.0. The second-order valence-electron chi connectivity index (χ2n) is 4.98. The van der Waals surface area contributed by atoms with Gasteiger partial charge in [-0.2, -0.15) is 5.26 Å². The fourth-order valence-electron chi connectivity index (χ4n) is 3.09. The fourth-order valence-corrected chi connectivity index (χ4v) is 3.09. The van der Waals surface area contributed by atoms with E-state index >= 15 is 0 Å². The Morgan fingerprint density at radius 1 is 1.69 bits per heavy atom. The Morgan fingerprint density at radius 2 is 2.44 bits per heavy atom. The van der Waals surface area contributed by atoms with Crippen LogP contribution in [0.5, 0.6) is 0 Å². The number of rotatable bonds is 1. The number of ether oxygens (including phenoxy) is 1. The van der Waals surface area contributed by atoms with Crippen molar-refractivity contribution in [2.24, 2.45) is 11.3 Å². The Bertz CT molecular complexity index is 380. The number of fused-ring (bicyclic) bond motifs is 1. The van der Waals surface area contributed by atoms with E-state index in [4.69, 9.17) is 10.00 Å². The van der Waals surface area contributed by atoms with Crippen LogP contribution in [-0.4, -0.2) is 12.1 Å². The second-order valence-corrected chi connectivity index (χ2v) is 4.98. The molecule has 86 valence electrons. The first kappa shape index (κ1) is 11.2.